The molecule has 1 aromatic carbocycles. The highest BCUT2D eigenvalue weighted by Gasteiger charge is 2.03. The lowest BCUT2D eigenvalue weighted by atomic mass is 10.1. The lowest BCUT2D eigenvalue weighted by molar-refractivity contribution is 0.321. The highest BCUT2D eigenvalue weighted by molar-refractivity contribution is 9.10. The van der Waals surface area contributed by atoms with E-state index in [0.29, 0.717) is 5.56 Å². The van der Waals surface area contributed by atoms with Gasteiger partial charge in [-0.1, -0.05) is 21.1 Å². The number of benzene rings is 1. The van der Waals surface area contributed by atoms with Crippen LogP contribution in [0.15, 0.2) is 21.8 Å². The van der Waals surface area contributed by atoms with Crippen LogP contribution in [0.25, 0.3) is 0 Å². The lowest BCUT2D eigenvalue weighted by Crippen LogP contribution is -1.85. The molecule has 0 amide bonds. The molecule has 0 fully saturated rings. The summed E-state index contributed by atoms with van der Waals surface area (Å²) in [4.78, 5) is 0. The smallest absolute Gasteiger partial charge is 0.127 e. The van der Waals surface area contributed by atoms with Crippen LogP contribution >= 0.6 is 15.9 Å². The van der Waals surface area contributed by atoms with Gasteiger partial charge in [0.25, 0.3) is 0 Å². The second-order valence-electron chi connectivity index (χ2n) is 2.41. The Morgan fingerprint density at radius 2 is 2.17 bits per heavy atom. The lowest BCUT2D eigenvalue weighted by Gasteiger charge is -2.02. The van der Waals surface area contributed by atoms with E-state index in [0.717, 1.165) is 10.0 Å². The largest absolute Gasteiger partial charge is 0.507 e. The van der Waals surface area contributed by atoms with E-state index in [1.165, 1.54) is 6.21 Å². The van der Waals surface area contributed by atoms with Crippen LogP contribution in [0, 0.1) is 6.92 Å². The number of hydrogen-bond acceptors (Lipinski definition) is 3. The van der Waals surface area contributed by atoms with Gasteiger partial charge in [-0.05, 0) is 24.6 Å². The van der Waals surface area contributed by atoms with Crippen molar-refractivity contribution in [2.75, 3.05) is 0 Å². The second-order valence-corrected chi connectivity index (χ2v) is 3.32. The molecule has 0 atom stereocenters. The average Bonchev–Trinajstić information content (AvgIpc) is 2.00. The summed E-state index contributed by atoms with van der Waals surface area (Å²) >= 11 is 3.26. The van der Waals surface area contributed by atoms with E-state index in [9.17, 15) is 5.11 Å². The van der Waals surface area contributed by atoms with Crippen LogP contribution in [-0.4, -0.2) is 16.5 Å². The Balaban J connectivity index is 3.27. The van der Waals surface area contributed by atoms with Crippen molar-refractivity contribution in [2.24, 2.45) is 5.16 Å². The van der Waals surface area contributed by atoms with Gasteiger partial charge in [0, 0.05) is 10.0 Å². The summed E-state index contributed by atoms with van der Waals surface area (Å²) in [5.41, 5.74) is 1.23. The van der Waals surface area contributed by atoms with E-state index in [2.05, 4.69) is 21.1 Å². The molecule has 1 rings (SSSR count). The molecular weight excluding hydrogens is 222 g/mol. The van der Waals surface area contributed by atoms with Crippen molar-refractivity contribution in [1.82, 2.24) is 0 Å². The Morgan fingerprint density at radius 3 is 2.75 bits per heavy atom. The first-order valence-corrected chi connectivity index (χ1v) is 4.11. The third-order valence-corrected chi connectivity index (χ3v) is 1.95. The summed E-state index contributed by atoms with van der Waals surface area (Å²) in [6.07, 6.45) is 1.19. The number of oxime groups is 1. The van der Waals surface area contributed by atoms with Crippen molar-refractivity contribution < 1.29 is 10.3 Å². The summed E-state index contributed by atoms with van der Waals surface area (Å²) in [5, 5.41) is 20.5. The maximum absolute atomic E-state index is 9.43. The summed E-state index contributed by atoms with van der Waals surface area (Å²) in [6.45, 7) is 1.77. The Morgan fingerprint density at radius 1 is 1.50 bits per heavy atom. The van der Waals surface area contributed by atoms with Crippen molar-refractivity contribution in [1.29, 1.82) is 0 Å². The zero-order valence-electron chi connectivity index (χ0n) is 6.45. The number of nitrogens with zero attached hydrogens (tertiary/aromatic N) is 1. The number of phenols is 1. The number of aromatic hydroxyl groups is 1. The zero-order chi connectivity index (χ0) is 9.14. The van der Waals surface area contributed by atoms with E-state index >= 15 is 0 Å². The van der Waals surface area contributed by atoms with Crippen LogP contribution < -0.4 is 0 Å². The third-order valence-electron chi connectivity index (χ3n) is 1.49. The molecule has 0 unspecified atom stereocenters. The van der Waals surface area contributed by atoms with Gasteiger partial charge in [0.15, 0.2) is 0 Å². The fourth-order valence-electron chi connectivity index (χ4n) is 0.922. The van der Waals surface area contributed by atoms with E-state index < -0.39 is 0 Å². The van der Waals surface area contributed by atoms with Gasteiger partial charge in [0.05, 0.1) is 6.21 Å². The maximum atomic E-state index is 9.43. The molecule has 1 aromatic rings. The van der Waals surface area contributed by atoms with Gasteiger partial charge >= 0.3 is 0 Å². The minimum Gasteiger partial charge on any atom is -0.507 e. The van der Waals surface area contributed by atoms with Gasteiger partial charge in [-0.2, -0.15) is 0 Å². The fraction of sp³-hybridized carbons (Fsp3) is 0.125. The topological polar surface area (TPSA) is 52.8 Å². The first kappa shape index (κ1) is 9.06. The summed E-state index contributed by atoms with van der Waals surface area (Å²) in [6, 6.07) is 3.45. The summed E-state index contributed by atoms with van der Waals surface area (Å²) in [7, 11) is 0. The van der Waals surface area contributed by atoms with Crippen molar-refractivity contribution in [3.8, 4) is 5.75 Å². The van der Waals surface area contributed by atoms with Crippen LogP contribution in [0.3, 0.4) is 0 Å². The Kier molecular flexibility index (Phi) is 2.70. The van der Waals surface area contributed by atoms with Crippen molar-refractivity contribution in [2.45, 2.75) is 6.92 Å². The third kappa shape index (κ3) is 1.76. The number of phenolic OH excluding ortho intramolecular Hbond substituents is 1. The van der Waals surface area contributed by atoms with Crippen LogP contribution in [0.4, 0.5) is 0 Å². The van der Waals surface area contributed by atoms with Crippen molar-refractivity contribution in [3.05, 3.63) is 27.7 Å². The van der Waals surface area contributed by atoms with Gasteiger partial charge < -0.3 is 10.3 Å². The molecule has 0 aliphatic heterocycles. The van der Waals surface area contributed by atoms with Crippen LogP contribution in [0.1, 0.15) is 11.1 Å². The molecule has 0 saturated heterocycles. The number of rotatable bonds is 1. The molecule has 3 nitrogen and oxygen atoms in total. The van der Waals surface area contributed by atoms with Gasteiger partial charge in [-0.3, -0.25) is 0 Å². The minimum absolute atomic E-state index is 0.135. The number of aryl methyl sites for hydroxylation is 1. The molecule has 2 N–H and O–H groups in total. The SMILES string of the molecule is Cc1cc(Br)cc(/C=N\O)c1O. The second kappa shape index (κ2) is 3.58. The molecule has 0 aliphatic carbocycles. The van der Waals surface area contributed by atoms with Crippen molar-refractivity contribution >= 4 is 22.1 Å². The quantitative estimate of drug-likeness (QED) is 0.441. The molecule has 0 heterocycles. The summed E-state index contributed by atoms with van der Waals surface area (Å²) < 4.78 is 0.840. The van der Waals surface area contributed by atoms with Gasteiger partial charge in [-0.15, -0.1) is 0 Å². The molecule has 4 heteroatoms. The monoisotopic (exact) mass is 229 g/mol. The van der Waals surface area contributed by atoms with Crippen LogP contribution in [0.2, 0.25) is 0 Å². The number of hydrogen-bond donors (Lipinski definition) is 2. The Labute approximate surface area is 78.5 Å². The highest BCUT2D eigenvalue weighted by Crippen LogP contribution is 2.25. The predicted octanol–water partition coefficient (Wildman–Crippen LogP) is 2.27. The first-order valence-electron chi connectivity index (χ1n) is 3.31. The first-order chi connectivity index (χ1) is 5.65. The molecule has 0 radical (unpaired) electrons. The van der Waals surface area contributed by atoms with Crippen LogP contribution in [0.5, 0.6) is 5.75 Å². The Hall–Kier alpha value is -1.03. The molecule has 0 aliphatic rings. The normalized spacial score (nSPS) is 10.8. The Bertz CT molecular complexity index is 323. The molecule has 64 valence electrons. The molecule has 0 bridgehead atoms. The van der Waals surface area contributed by atoms with Gasteiger partial charge in [0.1, 0.15) is 5.75 Å². The van der Waals surface area contributed by atoms with Crippen LogP contribution in [-0.2, 0) is 0 Å². The fourth-order valence-corrected chi connectivity index (χ4v) is 1.51. The maximum Gasteiger partial charge on any atom is 0.127 e. The molecule has 12 heavy (non-hydrogen) atoms. The van der Waals surface area contributed by atoms with E-state index in [1.807, 2.05) is 0 Å². The van der Waals surface area contributed by atoms with E-state index in [4.69, 9.17) is 5.21 Å². The summed E-state index contributed by atoms with van der Waals surface area (Å²) in [5.74, 6) is 0.135. The molecule has 0 aromatic heterocycles. The standard InChI is InChI=1S/C8H8BrNO2/c1-5-2-7(9)3-6(4-10-12)8(5)11/h2-4,11-12H,1H3/b10-4-. The molecule has 0 spiro atoms. The van der Waals surface area contributed by atoms with E-state index in [1.54, 1.807) is 19.1 Å². The van der Waals surface area contributed by atoms with Gasteiger partial charge in [0.2, 0.25) is 0 Å². The van der Waals surface area contributed by atoms with Crippen molar-refractivity contribution in [3.63, 3.8) is 0 Å². The van der Waals surface area contributed by atoms with Gasteiger partial charge in [-0.25, -0.2) is 0 Å². The van der Waals surface area contributed by atoms with E-state index in [-0.39, 0.29) is 5.75 Å². The highest BCUT2D eigenvalue weighted by atomic mass is 79.9. The average molecular weight is 230 g/mol. The zero-order valence-corrected chi connectivity index (χ0v) is 8.04. The molecule has 0 saturated carbocycles. The minimum atomic E-state index is 0.135. The molecular formula is C8H8BrNO2. The number of halogens is 1. The predicted molar refractivity (Wildman–Crippen MR) is 49.9 cm³/mol.